The molecule has 180 valence electrons. The van der Waals surface area contributed by atoms with Crippen LogP contribution in [0, 0.1) is 10.1 Å². The predicted octanol–water partition coefficient (Wildman–Crippen LogP) is 6.48. The van der Waals surface area contributed by atoms with Crippen molar-refractivity contribution in [2.75, 3.05) is 0 Å². The highest BCUT2D eigenvalue weighted by Gasteiger charge is 2.14. The monoisotopic (exact) mass is 486 g/mol. The summed E-state index contributed by atoms with van der Waals surface area (Å²) < 4.78 is 2.18. The molecule has 0 saturated heterocycles. The Morgan fingerprint density at radius 1 is 0.730 bits per heavy atom. The van der Waals surface area contributed by atoms with Crippen LogP contribution in [0.25, 0.3) is 28.2 Å². The molecule has 7 nitrogen and oxygen atoms in total. The molecule has 0 saturated carbocycles. The number of rotatable bonds is 7. The highest BCUT2D eigenvalue weighted by Crippen LogP contribution is 2.32. The highest BCUT2D eigenvalue weighted by molar-refractivity contribution is 5.95. The zero-order valence-corrected chi connectivity index (χ0v) is 19.7. The number of hydrogen-bond acceptors (Lipinski definition) is 4. The second kappa shape index (κ2) is 10.5. The van der Waals surface area contributed by atoms with Gasteiger partial charge in [0.05, 0.1) is 22.5 Å². The third-order valence-corrected chi connectivity index (χ3v) is 5.89. The first-order chi connectivity index (χ1) is 18.1. The van der Waals surface area contributed by atoms with Gasteiger partial charge in [0, 0.05) is 23.4 Å². The first-order valence-corrected chi connectivity index (χ1v) is 11.6. The van der Waals surface area contributed by atoms with Crippen molar-refractivity contribution in [1.82, 2.24) is 9.99 Å². The van der Waals surface area contributed by atoms with Crippen LogP contribution in [0.4, 0.5) is 5.69 Å². The van der Waals surface area contributed by atoms with Gasteiger partial charge < -0.3 is 4.57 Å². The lowest BCUT2D eigenvalue weighted by Crippen LogP contribution is -2.17. The summed E-state index contributed by atoms with van der Waals surface area (Å²) in [5, 5.41) is 14.7. The Morgan fingerprint density at radius 2 is 1.27 bits per heavy atom. The summed E-state index contributed by atoms with van der Waals surface area (Å²) in [7, 11) is 0. The van der Waals surface area contributed by atoms with Crippen LogP contribution >= 0.6 is 0 Å². The van der Waals surface area contributed by atoms with Crippen molar-refractivity contribution < 1.29 is 9.72 Å². The van der Waals surface area contributed by atoms with E-state index in [9.17, 15) is 14.9 Å². The molecule has 0 atom stereocenters. The van der Waals surface area contributed by atoms with Gasteiger partial charge in [-0.3, -0.25) is 14.9 Å². The molecule has 7 heteroatoms. The number of aromatic nitrogens is 1. The van der Waals surface area contributed by atoms with E-state index in [0.29, 0.717) is 11.1 Å². The number of hydrazone groups is 1. The molecule has 5 aromatic rings. The number of carbonyl (C=O) groups excluding carboxylic acids is 1. The Hall–Kier alpha value is -5.30. The lowest BCUT2D eigenvalue weighted by Gasteiger charge is -2.15. The van der Waals surface area contributed by atoms with Crippen molar-refractivity contribution in [2.24, 2.45) is 5.10 Å². The minimum absolute atomic E-state index is 0.00480. The molecule has 0 aliphatic carbocycles. The van der Waals surface area contributed by atoms with Crippen molar-refractivity contribution in [3.63, 3.8) is 0 Å². The van der Waals surface area contributed by atoms with E-state index < -0.39 is 4.92 Å². The Bertz CT molecular complexity index is 1500. The van der Waals surface area contributed by atoms with Crippen LogP contribution in [-0.4, -0.2) is 21.6 Å². The first-order valence-electron chi connectivity index (χ1n) is 11.6. The molecule has 0 spiro atoms. The zero-order valence-electron chi connectivity index (χ0n) is 19.7. The molecule has 1 aromatic heterocycles. The fraction of sp³-hybridized carbons (Fsp3) is 0. The number of non-ortho nitro benzene ring substituents is 1. The minimum Gasteiger partial charge on any atom is -0.309 e. The van der Waals surface area contributed by atoms with E-state index in [4.69, 9.17) is 0 Å². The van der Waals surface area contributed by atoms with Gasteiger partial charge in [-0.1, -0.05) is 60.7 Å². The van der Waals surface area contributed by atoms with Crippen molar-refractivity contribution in [2.45, 2.75) is 0 Å². The molecule has 1 N–H and O–H groups in total. The maximum Gasteiger partial charge on any atom is 0.271 e. The molecule has 0 fully saturated rings. The van der Waals surface area contributed by atoms with Crippen molar-refractivity contribution >= 4 is 17.8 Å². The highest BCUT2D eigenvalue weighted by atomic mass is 16.6. The summed E-state index contributed by atoms with van der Waals surface area (Å²) in [4.78, 5) is 22.9. The number of nitro groups is 1. The topological polar surface area (TPSA) is 89.5 Å². The first kappa shape index (κ1) is 23.4. The number of benzene rings is 4. The number of nitrogens with one attached hydrogen (secondary N) is 1. The van der Waals surface area contributed by atoms with Crippen LogP contribution in [0.1, 0.15) is 15.9 Å². The van der Waals surface area contributed by atoms with Crippen LogP contribution in [0.2, 0.25) is 0 Å². The number of carbonyl (C=O) groups is 1. The van der Waals surface area contributed by atoms with E-state index in [-0.39, 0.29) is 11.6 Å². The van der Waals surface area contributed by atoms with E-state index in [1.54, 1.807) is 24.3 Å². The average Bonchev–Trinajstić information content (AvgIpc) is 3.40. The lowest BCUT2D eigenvalue weighted by molar-refractivity contribution is -0.384. The molecule has 4 aromatic carbocycles. The standard InChI is InChI=1S/C30H22N4O3/c35-30(32-31-21-22-11-15-27(16-12-22)34(36)37)25-13-17-26(18-14-25)33-28(23-7-3-1-4-8-23)19-20-29(33)24-9-5-2-6-10-24/h1-21H,(H,32,35)/b31-21+. The Labute approximate surface area is 213 Å². The summed E-state index contributed by atoms with van der Waals surface area (Å²) in [6.45, 7) is 0. The van der Waals surface area contributed by atoms with Gasteiger partial charge in [0.25, 0.3) is 11.6 Å². The second-order valence-electron chi connectivity index (χ2n) is 8.27. The summed E-state index contributed by atoms with van der Waals surface area (Å²) in [6.07, 6.45) is 1.44. The van der Waals surface area contributed by atoms with Gasteiger partial charge in [0.2, 0.25) is 0 Å². The van der Waals surface area contributed by atoms with E-state index in [2.05, 4.69) is 51.5 Å². The van der Waals surface area contributed by atoms with Crippen molar-refractivity contribution in [1.29, 1.82) is 0 Å². The van der Waals surface area contributed by atoms with Gasteiger partial charge in [-0.25, -0.2) is 5.43 Å². The summed E-state index contributed by atoms with van der Waals surface area (Å²) in [5.74, 6) is -0.358. The van der Waals surface area contributed by atoms with Crippen molar-refractivity contribution in [3.8, 4) is 28.2 Å². The molecule has 1 amide bonds. The minimum atomic E-state index is -0.467. The SMILES string of the molecule is O=C(N/N=C/c1ccc([N+](=O)[O-])cc1)c1ccc(-n2c(-c3ccccc3)ccc2-c2ccccc2)cc1. The lowest BCUT2D eigenvalue weighted by atomic mass is 10.1. The molecule has 0 aliphatic rings. The van der Waals surface area contributed by atoms with Gasteiger partial charge in [-0.05, 0) is 65.2 Å². The smallest absolute Gasteiger partial charge is 0.271 e. The summed E-state index contributed by atoms with van der Waals surface area (Å²) in [6, 6.07) is 37.8. The van der Waals surface area contributed by atoms with Crippen molar-refractivity contribution in [3.05, 3.63) is 143 Å². The van der Waals surface area contributed by atoms with Crippen LogP contribution in [-0.2, 0) is 0 Å². The van der Waals surface area contributed by atoms with Gasteiger partial charge >= 0.3 is 0 Å². The van der Waals surface area contributed by atoms with Gasteiger partial charge in [0.15, 0.2) is 0 Å². The van der Waals surface area contributed by atoms with E-state index in [1.165, 1.54) is 18.3 Å². The van der Waals surface area contributed by atoms with Crippen LogP contribution in [0.3, 0.4) is 0 Å². The molecule has 37 heavy (non-hydrogen) atoms. The number of hydrogen-bond donors (Lipinski definition) is 1. The number of amides is 1. The van der Waals surface area contributed by atoms with E-state index in [0.717, 1.165) is 28.2 Å². The Morgan fingerprint density at radius 3 is 1.78 bits per heavy atom. The molecule has 0 radical (unpaired) electrons. The maximum atomic E-state index is 12.6. The fourth-order valence-electron chi connectivity index (χ4n) is 4.06. The van der Waals surface area contributed by atoms with E-state index in [1.807, 2.05) is 48.5 Å². The van der Waals surface area contributed by atoms with Crippen LogP contribution in [0.15, 0.2) is 126 Å². The quantitative estimate of drug-likeness (QED) is 0.162. The second-order valence-corrected chi connectivity index (χ2v) is 8.27. The largest absolute Gasteiger partial charge is 0.309 e. The molecule has 5 rings (SSSR count). The molecular weight excluding hydrogens is 464 g/mol. The van der Waals surface area contributed by atoms with Crippen LogP contribution < -0.4 is 5.43 Å². The molecule has 0 aliphatic heterocycles. The van der Waals surface area contributed by atoms with Crippen LogP contribution in [0.5, 0.6) is 0 Å². The summed E-state index contributed by atoms with van der Waals surface area (Å²) >= 11 is 0. The average molecular weight is 487 g/mol. The predicted molar refractivity (Wildman–Crippen MR) is 145 cm³/mol. The number of nitro benzene ring substituents is 1. The normalized spacial score (nSPS) is 10.9. The molecule has 0 unspecified atom stereocenters. The van der Waals surface area contributed by atoms with Gasteiger partial charge in [-0.15, -0.1) is 0 Å². The van der Waals surface area contributed by atoms with E-state index >= 15 is 0 Å². The molecule has 0 bridgehead atoms. The maximum absolute atomic E-state index is 12.6. The molecular formula is C30H22N4O3. The van der Waals surface area contributed by atoms with Gasteiger partial charge in [0.1, 0.15) is 0 Å². The Kier molecular flexibility index (Phi) is 6.67. The van der Waals surface area contributed by atoms with Gasteiger partial charge in [-0.2, -0.15) is 5.10 Å². The Balaban J connectivity index is 1.39. The third kappa shape index (κ3) is 5.21. The third-order valence-electron chi connectivity index (χ3n) is 5.89. The fourth-order valence-corrected chi connectivity index (χ4v) is 4.06. The molecule has 1 heterocycles. The number of nitrogens with zero attached hydrogens (tertiary/aromatic N) is 3. The summed E-state index contributed by atoms with van der Waals surface area (Å²) in [5.41, 5.74) is 8.79. The zero-order chi connectivity index (χ0) is 25.6.